The van der Waals surface area contributed by atoms with Crippen LogP contribution in [0.3, 0.4) is 0 Å². The number of furan rings is 1. The van der Waals surface area contributed by atoms with Crippen LogP contribution in [0, 0.1) is 11.3 Å². The fourth-order valence-corrected chi connectivity index (χ4v) is 2.39. The molecule has 1 aromatic rings. The van der Waals surface area contributed by atoms with Gasteiger partial charge in [0.05, 0.1) is 11.9 Å². The summed E-state index contributed by atoms with van der Waals surface area (Å²) < 4.78 is 5.07. The monoisotopic (exact) mass is 274 g/mol. The van der Waals surface area contributed by atoms with E-state index in [1.54, 1.807) is 12.1 Å². The molecule has 1 aliphatic carbocycles. The molecule has 2 N–H and O–H groups in total. The first kappa shape index (κ1) is 14.4. The van der Waals surface area contributed by atoms with E-state index in [0.717, 1.165) is 19.3 Å². The SMILES string of the molecule is N#CC(=Cc1ccco1)C(=O)NCC1(O)CCCCC1. The molecule has 0 atom stereocenters. The topological polar surface area (TPSA) is 86.3 Å². The van der Waals surface area contributed by atoms with Crippen LogP contribution in [0.2, 0.25) is 0 Å². The standard InChI is InChI=1S/C15H18N2O3/c16-10-12(9-13-5-4-8-20-13)14(18)17-11-15(19)6-2-1-3-7-15/h4-5,8-9,19H,1-3,6-7,11H2,(H,17,18). The van der Waals surface area contributed by atoms with Crippen molar-refractivity contribution in [2.75, 3.05) is 6.54 Å². The van der Waals surface area contributed by atoms with Gasteiger partial charge in [-0.05, 0) is 25.0 Å². The first-order chi connectivity index (χ1) is 9.63. The maximum absolute atomic E-state index is 11.9. The molecular weight excluding hydrogens is 256 g/mol. The van der Waals surface area contributed by atoms with Crippen LogP contribution in [-0.4, -0.2) is 23.2 Å². The van der Waals surface area contributed by atoms with Crippen molar-refractivity contribution in [1.29, 1.82) is 5.26 Å². The molecule has 1 aromatic heterocycles. The highest BCUT2D eigenvalue weighted by atomic mass is 16.3. The number of rotatable bonds is 4. The average Bonchev–Trinajstić information content (AvgIpc) is 2.96. The summed E-state index contributed by atoms with van der Waals surface area (Å²) >= 11 is 0. The Morgan fingerprint density at radius 2 is 2.25 bits per heavy atom. The van der Waals surface area contributed by atoms with E-state index in [4.69, 9.17) is 9.68 Å². The van der Waals surface area contributed by atoms with Crippen LogP contribution in [0.4, 0.5) is 0 Å². The van der Waals surface area contributed by atoms with Crippen molar-refractivity contribution in [2.24, 2.45) is 0 Å². The quantitative estimate of drug-likeness (QED) is 0.649. The maximum Gasteiger partial charge on any atom is 0.262 e. The molecule has 0 radical (unpaired) electrons. The average molecular weight is 274 g/mol. The molecule has 1 heterocycles. The zero-order valence-electron chi connectivity index (χ0n) is 11.3. The molecular formula is C15H18N2O3. The third-order valence-electron chi connectivity index (χ3n) is 3.56. The van der Waals surface area contributed by atoms with Crippen molar-refractivity contribution in [3.8, 4) is 6.07 Å². The van der Waals surface area contributed by atoms with E-state index in [1.807, 2.05) is 6.07 Å². The first-order valence-electron chi connectivity index (χ1n) is 6.79. The van der Waals surface area contributed by atoms with E-state index < -0.39 is 11.5 Å². The lowest BCUT2D eigenvalue weighted by molar-refractivity contribution is -0.118. The van der Waals surface area contributed by atoms with Gasteiger partial charge in [-0.15, -0.1) is 0 Å². The van der Waals surface area contributed by atoms with Gasteiger partial charge in [0, 0.05) is 12.6 Å². The van der Waals surface area contributed by atoms with Crippen LogP contribution in [0.25, 0.3) is 6.08 Å². The van der Waals surface area contributed by atoms with Crippen LogP contribution in [0.5, 0.6) is 0 Å². The molecule has 0 bridgehead atoms. The Balaban J connectivity index is 1.95. The summed E-state index contributed by atoms with van der Waals surface area (Å²) in [6, 6.07) is 5.20. The molecule has 0 unspecified atom stereocenters. The molecule has 1 fully saturated rings. The van der Waals surface area contributed by atoms with Crippen LogP contribution < -0.4 is 5.32 Å². The van der Waals surface area contributed by atoms with Crippen molar-refractivity contribution in [3.05, 3.63) is 29.7 Å². The van der Waals surface area contributed by atoms with Gasteiger partial charge in [0.15, 0.2) is 0 Å². The maximum atomic E-state index is 11.9. The first-order valence-corrected chi connectivity index (χ1v) is 6.79. The van der Waals surface area contributed by atoms with Gasteiger partial charge in [-0.2, -0.15) is 5.26 Å². The van der Waals surface area contributed by atoms with E-state index >= 15 is 0 Å². The number of carbonyl (C=O) groups excluding carboxylic acids is 1. The lowest BCUT2D eigenvalue weighted by Gasteiger charge is -2.32. The smallest absolute Gasteiger partial charge is 0.262 e. The normalized spacial score (nSPS) is 18.3. The zero-order valence-corrected chi connectivity index (χ0v) is 11.3. The van der Waals surface area contributed by atoms with Crippen molar-refractivity contribution in [2.45, 2.75) is 37.7 Å². The fourth-order valence-electron chi connectivity index (χ4n) is 2.39. The minimum atomic E-state index is -0.834. The van der Waals surface area contributed by atoms with Crippen LogP contribution in [0.15, 0.2) is 28.4 Å². The second-order valence-electron chi connectivity index (χ2n) is 5.15. The number of amides is 1. The van der Waals surface area contributed by atoms with E-state index in [1.165, 1.54) is 12.3 Å². The van der Waals surface area contributed by atoms with Crippen LogP contribution in [0.1, 0.15) is 37.9 Å². The highest BCUT2D eigenvalue weighted by Crippen LogP contribution is 2.27. The largest absolute Gasteiger partial charge is 0.465 e. The second-order valence-corrected chi connectivity index (χ2v) is 5.15. The van der Waals surface area contributed by atoms with Crippen LogP contribution >= 0.6 is 0 Å². The molecule has 0 spiro atoms. The number of nitrogens with zero attached hydrogens (tertiary/aromatic N) is 1. The minimum Gasteiger partial charge on any atom is -0.465 e. The Kier molecular flexibility index (Phi) is 4.59. The van der Waals surface area contributed by atoms with Gasteiger partial charge in [0.1, 0.15) is 17.4 Å². The van der Waals surface area contributed by atoms with Gasteiger partial charge in [0.2, 0.25) is 0 Å². The van der Waals surface area contributed by atoms with Crippen molar-refractivity contribution in [3.63, 3.8) is 0 Å². The molecule has 1 amide bonds. The Bertz CT molecular complexity index is 520. The van der Waals surface area contributed by atoms with E-state index in [9.17, 15) is 9.90 Å². The number of hydrogen-bond acceptors (Lipinski definition) is 4. The van der Waals surface area contributed by atoms with Gasteiger partial charge >= 0.3 is 0 Å². The van der Waals surface area contributed by atoms with Crippen molar-refractivity contribution < 1.29 is 14.3 Å². The predicted molar refractivity (Wildman–Crippen MR) is 73.3 cm³/mol. The van der Waals surface area contributed by atoms with Crippen molar-refractivity contribution >= 4 is 12.0 Å². The second kappa shape index (κ2) is 6.40. The molecule has 5 heteroatoms. The summed E-state index contributed by atoms with van der Waals surface area (Å²) in [5.41, 5.74) is -0.863. The molecule has 1 saturated carbocycles. The summed E-state index contributed by atoms with van der Waals surface area (Å²) in [5, 5.41) is 21.9. The third kappa shape index (κ3) is 3.72. The predicted octanol–water partition coefficient (Wildman–Crippen LogP) is 2.00. The molecule has 0 saturated heterocycles. The Hall–Kier alpha value is -2.06. The number of aliphatic hydroxyl groups is 1. The molecule has 106 valence electrons. The summed E-state index contributed by atoms with van der Waals surface area (Å²) in [5.74, 6) is -0.0315. The number of nitriles is 1. The summed E-state index contributed by atoms with van der Waals surface area (Å²) in [6.07, 6.45) is 7.31. The van der Waals surface area contributed by atoms with E-state index in [-0.39, 0.29) is 12.1 Å². The number of hydrogen-bond donors (Lipinski definition) is 2. The minimum absolute atomic E-state index is 0.0284. The Morgan fingerprint density at radius 3 is 2.85 bits per heavy atom. The molecule has 1 aliphatic rings. The highest BCUT2D eigenvalue weighted by molar-refractivity contribution is 6.01. The molecule has 5 nitrogen and oxygen atoms in total. The van der Waals surface area contributed by atoms with Crippen molar-refractivity contribution in [1.82, 2.24) is 5.32 Å². The van der Waals surface area contributed by atoms with Gasteiger partial charge in [0.25, 0.3) is 5.91 Å². The molecule has 2 rings (SSSR count). The third-order valence-corrected chi connectivity index (χ3v) is 3.56. The summed E-state index contributed by atoms with van der Waals surface area (Å²) in [4.78, 5) is 11.9. The zero-order chi connectivity index (χ0) is 14.4. The highest BCUT2D eigenvalue weighted by Gasteiger charge is 2.29. The lowest BCUT2D eigenvalue weighted by Crippen LogP contribution is -2.44. The van der Waals surface area contributed by atoms with Crippen LogP contribution in [-0.2, 0) is 4.79 Å². The Labute approximate surface area is 117 Å². The number of nitrogens with one attached hydrogen (secondary N) is 1. The summed E-state index contributed by atoms with van der Waals surface area (Å²) in [7, 11) is 0. The molecule has 0 aromatic carbocycles. The van der Waals surface area contributed by atoms with Gasteiger partial charge in [-0.3, -0.25) is 4.79 Å². The fraction of sp³-hybridized carbons (Fsp3) is 0.467. The lowest BCUT2D eigenvalue weighted by atomic mass is 9.85. The molecule has 20 heavy (non-hydrogen) atoms. The molecule has 0 aliphatic heterocycles. The number of carbonyl (C=O) groups is 1. The van der Waals surface area contributed by atoms with Gasteiger partial charge < -0.3 is 14.8 Å². The Morgan fingerprint density at radius 1 is 1.50 bits per heavy atom. The summed E-state index contributed by atoms with van der Waals surface area (Å²) in [6.45, 7) is 0.184. The van der Waals surface area contributed by atoms with E-state index in [0.29, 0.717) is 18.6 Å². The van der Waals surface area contributed by atoms with Gasteiger partial charge in [-0.25, -0.2) is 0 Å². The van der Waals surface area contributed by atoms with Gasteiger partial charge in [-0.1, -0.05) is 19.3 Å². The van der Waals surface area contributed by atoms with E-state index in [2.05, 4.69) is 5.32 Å².